The zero-order valence-corrected chi connectivity index (χ0v) is 16.4. The number of thiophene rings is 1. The Hall–Kier alpha value is -2.71. The van der Waals surface area contributed by atoms with E-state index in [1.54, 1.807) is 49.6 Å². The van der Waals surface area contributed by atoms with Gasteiger partial charge in [0.1, 0.15) is 10.6 Å². The van der Waals surface area contributed by atoms with Crippen molar-refractivity contribution in [2.24, 2.45) is 0 Å². The van der Waals surface area contributed by atoms with Crippen LogP contribution in [-0.4, -0.2) is 23.7 Å². The minimum absolute atomic E-state index is 0.252. The normalized spacial score (nSPS) is 16.4. The molecule has 0 saturated heterocycles. The fourth-order valence-electron chi connectivity index (χ4n) is 2.76. The molecule has 0 bridgehead atoms. The van der Waals surface area contributed by atoms with E-state index in [0.717, 1.165) is 0 Å². The van der Waals surface area contributed by atoms with E-state index in [4.69, 9.17) is 21.7 Å². The summed E-state index contributed by atoms with van der Waals surface area (Å²) in [5.74, 6) is -0.554. The van der Waals surface area contributed by atoms with Crippen molar-refractivity contribution in [2.45, 2.75) is 19.9 Å². The molecule has 1 aliphatic rings. The zero-order valence-electron chi connectivity index (χ0n) is 14.8. The van der Waals surface area contributed by atoms with Crippen molar-refractivity contribution in [3.63, 3.8) is 0 Å². The van der Waals surface area contributed by atoms with Crippen molar-refractivity contribution in [3.8, 4) is 5.75 Å². The number of hydrogen-bond acceptors (Lipinski definition) is 6. The van der Waals surface area contributed by atoms with Crippen LogP contribution in [0.25, 0.3) is 0 Å². The third-order valence-corrected chi connectivity index (χ3v) is 4.99. The van der Waals surface area contributed by atoms with E-state index in [-0.39, 0.29) is 6.61 Å². The van der Waals surface area contributed by atoms with Gasteiger partial charge in [-0.05, 0) is 43.6 Å². The standard InChI is InChI=1S/C19H18N2O4S2/c1-3-24-18(23)15-11(2)20-19(26)21-16(15)12-7-4-5-8-13(12)25-17(22)14-9-6-10-27-14/h4-10,16H,3H2,1-2H3,(H2,20,21,26)/t16-/m0/s1. The number of carbonyl (C=O) groups excluding carboxylic acids is 2. The Morgan fingerprint density at radius 3 is 2.67 bits per heavy atom. The van der Waals surface area contributed by atoms with Crippen molar-refractivity contribution < 1.29 is 19.1 Å². The largest absolute Gasteiger partial charge is 0.463 e. The van der Waals surface area contributed by atoms with E-state index < -0.39 is 18.0 Å². The summed E-state index contributed by atoms with van der Waals surface area (Å²) in [6.07, 6.45) is 0. The molecular weight excluding hydrogens is 384 g/mol. The van der Waals surface area contributed by atoms with Crippen LogP contribution in [0, 0.1) is 0 Å². The zero-order chi connectivity index (χ0) is 19.4. The maximum atomic E-state index is 12.5. The topological polar surface area (TPSA) is 76.7 Å². The molecule has 1 aliphatic heterocycles. The van der Waals surface area contributed by atoms with Crippen LogP contribution in [0.1, 0.15) is 35.1 Å². The molecule has 1 aromatic carbocycles. The third-order valence-electron chi connectivity index (χ3n) is 3.92. The summed E-state index contributed by atoms with van der Waals surface area (Å²) >= 11 is 6.55. The summed E-state index contributed by atoms with van der Waals surface area (Å²) in [7, 11) is 0. The lowest BCUT2D eigenvalue weighted by Crippen LogP contribution is -2.45. The van der Waals surface area contributed by atoms with E-state index in [1.165, 1.54) is 11.3 Å². The fourth-order valence-corrected chi connectivity index (χ4v) is 3.63. The van der Waals surface area contributed by atoms with Gasteiger partial charge in [-0.15, -0.1) is 11.3 Å². The van der Waals surface area contributed by atoms with Crippen molar-refractivity contribution in [2.75, 3.05) is 6.61 Å². The minimum atomic E-state index is -0.592. The first-order chi connectivity index (χ1) is 13.0. The predicted molar refractivity (Wildman–Crippen MR) is 107 cm³/mol. The number of allylic oxidation sites excluding steroid dienone is 1. The number of para-hydroxylation sites is 1. The summed E-state index contributed by atoms with van der Waals surface area (Å²) < 4.78 is 10.8. The second-order valence-electron chi connectivity index (χ2n) is 5.70. The number of esters is 2. The second-order valence-corrected chi connectivity index (χ2v) is 7.05. The van der Waals surface area contributed by atoms with Gasteiger partial charge in [-0.1, -0.05) is 24.3 Å². The Morgan fingerprint density at radius 1 is 1.19 bits per heavy atom. The fraction of sp³-hybridized carbons (Fsp3) is 0.211. The maximum absolute atomic E-state index is 12.5. The lowest BCUT2D eigenvalue weighted by atomic mass is 9.95. The number of rotatable bonds is 5. The molecular formula is C19H18N2O4S2. The number of nitrogens with one attached hydrogen (secondary N) is 2. The summed E-state index contributed by atoms with van der Waals surface area (Å²) in [6, 6.07) is 9.93. The SMILES string of the molecule is CCOC(=O)C1=C(C)NC(=S)N[C@H]1c1ccccc1OC(=O)c1cccs1. The van der Waals surface area contributed by atoms with Gasteiger partial charge < -0.3 is 20.1 Å². The molecule has 140 valence electrons. The average molecular weight is 402 g/mol. The molecule has 3 rings (SSSR count). The third kappa shape index (κ3) is 4.17. The van der Waals surface area contributed by atoms with Crippen LogP contribution in [0.4, 0.5) is 0 Å². The van der Waals surface area contributed by atoms with Crippen LogP contribution in [-0.2, 0) is 9.53 Å². The minimum Gasteiger partial charge on any atom is -0.463 e. The van der Waals surface area contributed by atoms with Gasteiger partial charge in [0.05, 0.1) is 18.2 Å². The molecule has 0 spiro atoms. The van der Waals surface area contributed by atoms with Crippen LogP contribution >= 0.6 is 23.6 Å². The van der Waals surface area contributed by atoms with E-state index in [9.17, 15) is 9.59 Å². The van der Waals surface area contributed by atoms with Crippen LogP contribution in [0.2, 0.25) is 0 Å². The van der Waals surface area contributed by atoms with Gasteiger partial charge >= 0.3 is 11.9 Å². The highest BCUT2D eigenvalue weighted by Gasteiger charge is 2.33. The Balaban J connectivity index is 1.99. The Morgan fingerprint density at radius 2 is 1.96 bits per heavy atom. The number of carbonyl (C=O) groups is 2. The van der Waals surface area contributed by atoms with Crippen LogP contribution < -0.4 is 15.4 Å². The highest BCUT2D eigenvalue weighted by Crippen LogP contribution is 2.34. The van der Waals surface area contributed by atoms with Crippen molar-refractivity contribution >= 4 is 40.6 Å². The molecule has 0 radical (unpaired) electrons. The molecule has 0 saturated carbocycles. The van der Waals surface area contributed by atoms with Gasteiger partial charge in [-0.3, -0.25) is 0 Å². The average Bonchev–Trinajstić information content (AvgIpc) is 3.16. The van der Waals surface area contributed by atoms with Crippen molar-refractivity contribution in [1.82, 2.24) is 10.6 Å². The Kier molecular flexibility index (Phi) is 5.88. The van der Waals surface area contributed by atoms with Crippen molar-refractivity contribution in [3.05, 3.63) is 63.5 Å². The Labute approximate surface area is 166 Å². The van der Waals surface area contributed by atoms with Gasteiger partial charge in [0.15, 0.2) is 5.11 Å². The number of hydrogen-bond donors (Lipinski definition) is 2. The first kappa shape index (κ1) is 19.1. The van der Waals surface area contributed by atoms with E-state index in [0.29, 0.717) is 32.6 Å². The monoisotopic (exact) mass is 402 g/mol. The lowest BCUT2D eigenvalue weighted by Gasteiger charge is -2.30. The molecule has 2 N–H and O–H groups in total. The first-order valence-corrected chi connectivity index (χ1v) is 9.60. The van der Waals surface area contributed by atoms with Gasteiger partial charge in [-0.25, -0.2) is 9.59 Å². The van der Waals surface area contributed by atoms with Gasteiger partial charge in [0, 0.05) is 11.3 Å². The summed E-state index contributed by atoms with van der Waals surface area (Å²) in [6.45, 7) is 3.75. The lowest BCUT2D eigenvalue weighted by molar-refractivity contribution is -0.139. The van der Waals surface area contributed by atoms with Gasteiger partial charge in [0.25, 0.3) is 0 Å². The molecule has 1 aromatic heterocycles. The van der Waals surface area contributed by atoms with E-state index in [2.05, 4.69) is 10.6 Å². The number of thiocarbonyl (C=S) groups is 1. The quantitative estimate of drug-likeness (QED) is 0.451. The molecule has 2 aromatic rings. The molecule has 1 atom stereocenters. The molecule has 6 nitrogen and oxygen atoms in total. The molecule has 0 fully saturated rings. The smallest absolute Gasteiger partial charge is 0.353 e. The molecule has 0 unspecified atom stereocenters. The van der Waals surface area contributed by atoms with Crippen LogP contribution in [0.3, 0.4) is 0 Å². The number of ether oxygens (including phenoxy) is 2. The molecule has 2 heterocycles. The van der Waals surface area contributed by atoms with E-state index >= 15 is 0 Å². The summed E-state index contributed by atoms with van der Waals surface area (Å²) in [4.78, 5) is 25.4. The van der Waals surface area contributed by atoms with Crippen LogP contribution in [0.15, 0.2) is 53.0 Å². The highest BCUT2D eigenvalue weighted by molar-refractivity contribution is 7.80. The van der Waals surface area contributed by atoms with E-state index in [1.807, 2.05) is 6.07 Å². The summed E-state index contributed by atoms with van der Waals surface area (Å²) in [5.41, 5.74) is 1.61. The number of benzene rings is 1. The molecule has 8 heteroatoms. The van der Waals surface area contributed by atoms with Crippen LogP contribution in [0.5, 0.6) is 5.75 Å². The molecule has 0 amide bonds. The Bertz CT molecular complexity index is 906. The highest BCUT2D eigenvalue weighted by atomic mass is 32.1. The molecule has 0 aliphatic carbocycles. The van der Waals surface area contributed by atoms with Gasteiger partial charge in [-0.2, -0.15) is 0 Å². The maximum Gasteiger partial charge on any atom is 0.353 e. The molecule has 27 heavy (non-hydrogen) atoms. The second kappa shape index (κ2) is 8.32. The van der Waals surface area contributed by atoms with Gasteiger partial charge in [0.2, 0.25) is 0 Å². The van der Waals surface area contributed by atoms with Crippen molar-refractivity contribution in [1.29, 1.82) is 0 Å². The first-order valence-electron chi connectivity index (χ1n) is 8.31. The predicted octanol–water partition coefficient (Wildman–Crippen LogP) is 3.32. The summed E-state index contributed by atoms with van der Waals surface area (Å²) in [5, 5.41) is 8.20.